The zero-order valence-electron chi connectivity index (χ0n) is 15.3. The van der Waals surface area contributed by atoms with Crippen LogP contribution in [0.15, 0.2) is 17.1 Å². The summed E-state index contributed by atoms with van der Waals surface area (Å²) in [5.74, 6) is -0.143. The van der Waals surface area contributed by atoms with Gasteiger partial charge in [0.25, 0.3) is 0 Å². The molecule has 7 N–H and O–H groups in total. The first-order valence-electron chi connectivity index (χ1n) is 7.61. The fourth-order valence-electron chi connectivity index (χ4n) is 1.89. The molecule has 0 amide bonds. The van der Waals surface area contributed by atoms with E-state index in [4.69, 9.17) is 36.8 Å². The molecule has 1 aromatic heterocycles. The number of hydrogen-bond donors (Lipinski definition) is 6. The molecule has 3 unspecified atom stereocenters. The summed E-state index contributed by atoms with van der Waals surface area (Å²) in [6.45, 7) is -1.93. The Hall–Kier alpha value is -0.770. The van der Waals surface area contributed by atoms with Gasteiger partial charge in [0.05, 0.1) is 6.61 Å². The molecule has 16 nitrogen and oxygen atoms in total. The summed E-state index contributed by atoms with van der Waals surface area (Å²) in [5.41, 5.74) is -0.534. The second kappa shape index (κ2) is 10.4. The summed E-state index contributed by atoms with van der Waals surface area (Å²) in [5, 5.41) is 9.71. The molecular weight excluding hydrogens is 517 g/mol. The van der Waals surface area contributed by atoms with E-state index in [2.05, 4.69) is 18.1 Å². The quantitative estimate of drug-likeness (QED) is 0.152. The molecule has 0 aliphatic carbocycles. The normalized spacial score (nSPS) is 20.3. The number of aromatic nitrogens is 2. The second-order valence-electron chi connectivity index (χ2n) is 5.66. The summed E-state index contributed by atoms with van der Waals surface area (Å²) in [7, 11) is -17.1. The van der Waals surface area contributed by atoms with E-state index in [1.807, 2.05) is 0 Å². The van der Waals surface area contributed by atoms with Gasteiger partial charge in [-0.15, -0.1) is 0 Å². The fraction of sp³-hybridized carbons (Fsp3) is 0.600. The Morgan fingerprint density at radius 2 is 1.84 bits per heavy atom. The average Bonchev–Trinajstić information content (AvgIpc) is 2.54. The minimum atomic E-state index is -5.83. The Kier molecular flexibility index (Phi) is 9.52. The highest BCUT2D eigenvalue weighted by atomic mass is 35.5. The Morgan fingerprint density at radius 3 is 2.29 bits per heavy atom. The molecule has 0 aliphatic rings. The van der Waals surface area contributed by atoms with Crippen LogP contribution in [0, 0.1) is 0 Å². The van der Waals surface area contributed by atoms with Crippen molar-refractivity contribution < 1.29 is 60.6 Å². The van der Waals surface area contributed by atoms with Crippen LogP contribution in [0.3, 0.4) is 0 Å². The number of ether oxygens (including phenoxy) is 1. The second-order valence-corrected chi connectivity index (χ2v) is 10.5. The number of hydrogen-bond acceptors (Lipinski definition) is 11. The zero-order valence-corrected chi connectivity index (χ0v) is 18.7. The lowest BCUT2D eigenvalue weighted by Crippen LogP contribution is -2.50. The van der Waals surface area contributed by atoms with Gasteiger partial charge in [-0.05, 0) is 13.0 Å². The average molecular weight is 536 g/mol. The van der Waals surface area contributed by atoms with Crippen molar-refractivity contribution in [2.24, 2.45) is 0 Å². The molecule has 5 atom stereocenters. The van der Waals surface area contributed by atoms with Crippen molar-refractivity contribution in [3.8, 4) is 0 Å². The minimum absolute atomic E-state index is 0.143. The van der Waals surface area contributed by atoms with Crippen molar-refractivity contribution in [3.63, 3.8) is 0 Å². The van der Waals surface area contributed by atoms with Crippen LogP contribution in [0.25, 0.3) is 0 Å². The van der Waals surface area contributed by atoms with Crippen LogP contribution in [0.4, 0.5) is 10.2 Å². The molecule has 0 aromatic carbocycles. The van der Waals surface area contributed by atoms with Crippen molar-refractivity contribution in [1.82, 2.24) is 9.55 Å². The van der Waals surface area contributed by atoms with Gasteiger partial charge in [0.2, 0.25) is 0 Å². The van der Waals surface area contributed by atoms with E-state index >= 15 is 0 Å². The molecule has 1 heterocycles. The molecule has 31 heavy (non-hydrogen) atoms. The molecular formula is C10H18ClFN3O13P3. The lowest BCUT2D eigenvalue weighted by molar-refractivity contribution is -0.178. The Labute approximate surface area is 177 Å². The van der Waals surface area contributed by atoms with Gasteiger partial charge in [-0.3, -0.25) is 9.09 Å². The van der Waals surface area contributed by atoms with E-state index in [9.17, 15) is 32.9 Å². The summed E-state index contributed by atoms with van der Waals surface area (Å²) in [4.78, 5) is 50.8. The molecule has 0 saturated carbocycles. The highest BCUT2D eigenvalue weighted by Crippen LogP contribution is 2.66. The highest BCUT2D eigenvalue weighted by Gasteiger charge is 2.46. The van der Waals surface area contributed by atoms with Crippen LogP contribution in [-0.2, 0) is 31.6 Å². The number of phosphoric ester groups is 1. The molecule has 21 heteroatoms. The third-order valence-electron chi connectivity index (χ3n) is 3.20. The van der Waals surface area contributed by atoms with Crippen LogP contribution in [0.1, 0.15) is 13.2 Å². The summed E-state index contributed by atoms with van der Waals surface area (Å²) >= 11 is 5.49. The first kappa shape index (κ1) is 28.3. The van der Waals surface area contributed by atoms with Gasteiger partial charge < -0.3 is 35.2 Å². The number of halogens is 2. The lowest BCUT2D eigenvalue weighted by Gasteiger charge is -2.35. The minimum Gasteiger partial charge on any atom is -0.383 e. The van der Waals surface area contributed by atoms with E-state index in [0.29, 0.717) is 0 Å². The van der Waals surface area contributed by atoms with E-state index in [0.717, 1.165) is 10.8 Å². The number of nitrogens with two attached hydrogens (primary N) is 1. The van der Waals surface area contributed by atoms with Crippen molar-refractivity contribution in [1.29, 1.82) is 0 Å². The molecule has 0 spiro atoms. The Balaban J connectivity index is 3.04. The van der Waals surface area contributed by atoms with Gasteiger partial charge in [-0.1, -0.05) is 11.6 Å². The number of nitrogen functional groups attached to an aromatic ring is 1. The van der Waals surface area contributed by atoms with Gasteiger partial charge in [0.15, 0.2) is 11.2 Å². The predicted octanol–water partition coefficient (Wildman–Crippen LogP) is -0.0306. The maximum Gasteiger partial charge on any atom is 0.490 e. The van der Waals surface area contributed by atoms with Gasteiger partial charge in [0.1, 0.15) is 18.7 Å². The molecule has 0 fully saturated rings. The Morgan fingerprint density at radius 1 is 1.26 bits per heavy atom. The molecule has 0 radical (unpaired) electrons. The summed E-state index contributed by atoms with van der Waals surface area (Å²) < 4.78 is 64.7. The standard InChI is InChI=1S/C10H18ClFN3O13P3/c1-6(15-3-2-7(13)14-9(15)17)26-10(4-12,8(11)16)5-25-30(21,22)28-31(23,24)27-29(18,19)20/h2-3,6,8,16H,4-5H2,1H3,(H,21,22)(H,23,24)(H2,13,14,17)(H2,18,19,20)/t6-,8-,10?/m1/s1. The number of alkyl halides is 2. The maximum atomic E-state index is 13.7. The van der Waals surface area contributed by atoms with Gasteiger partial charge in [0, 0.05) is 6.20 Å². The van der Waals surface area contributed by atoms with Crippen LogP contribution >= 0.6 is 35.1 Å². The monoisotopic (exact) mass is 535 g/mol. The number of phosphoric acid groups is 3. The smallest absolute Gasteiger partial charge is 0.383 e. The summed E-state index contributed by atoms with van der Waals surface area (Å²) in [6.07, 6.45) is -0.310. The third-order valence-corrected chi connectivity index (χ3v) is 7.38. The zero-order chi connectivity index (χ0) is 24.3. The maximum absolute atomic E-state index is 13.7. The fourth-order valence-corrected chi connectivity index (χ4v) is 5.13. The predicted molar refractivity (Wildman–Crippen MR) is 99.1 cm³/mol. The van der Waals surface area contributed by atoms with Gasteiger partial charge in [-0.2, -0.15) is 13.6 Å². The lowest BCUT2D eigenvalue weighted by atomic mass is 10.1. The van der Waals surface area contributed by atoms with E-state index in [1.54, 1.807) is 0 Å². The van der Waals surface area contributed by atoms with E-state index in [1.165, 1.54) is 13.0 Å². The first-order valence-corrected chi connectivity index (χ1v) is 12.6. The molecule has 1 rings (SSSR count). The van der Waals surface area contributed by atoms with Crippen LogP contribution in [0.2, 0.25) is 0 Å². The molecule has 0 saturated heterocycles. The topological polar surface area (TPSA) is 250 Å². The third kappa shape index (κ3) is 8.94. The Bertz CT molecular complexity index is 972. The van der Waals surface area contributed by atoms with Crippen LogP contribution in [0.5, 0.6) is 0 Å². The number of aliphatic hydroxyl groups excluding tert-OH is 1. The molecule has 1 aromatic rings. The van der Waals surface area contributed by atoms with Crippen molar-refractivity contribution in [2.75, 3.05) is 19.0 Å². The molecule has 0 aliphatic heterocycles. The highest BCUT2D eigenvalue weighted by molar-refractivity contribution is 7.66. The van der Waals surface area contributed by atoms with Crippen molar-refractivity contribution in [2.45, 2.75) is 24.3 Å². The van der Waals surface area contributed by atoms with Crippen LogP contribution < -0.4 is 11.4 Å². The van der Waals surface area contributed by atoms with Gasteiger partial charge in [-0.25, -0.2) is 22.9 Å². The van der Waals surface area contributed by atoms with Crippen molar-refractivity contribution in [3.05, 3.63) is 22.7 Å². The molecule has 0 bridgehead atoms. The first-order chi connectivity index (χ1) is 13.9. The summed E-state index contributed by atoms with van der Waals surface area (Å²) in [6, 6.07) is 1.18. The number of aliphatic hydroxyl groups is 1. The van der Waals surface area contributed by atoms with Crippen LogP contribution in [-0.4, -0.2) is 58.7 Å². The van der Waals surface area contributed by atoms with Crippen molar-refractivity contribution >= 4 is 40.9 Å². The SMILES string of the molecule is C[C@@H](OC(CF)(COP(=O)(O)OP(=O)(O)OP(=O)(O)O)[C@@H](O)Cl)n1ccc(N)nc1=O. The number of anilines is 1. The largest absolute Gasteiger partial charge is 0.490 e. The number of rotatable bonds is 12. The van der Waals surface area contributed by atoms with Gasteiger partial charge >= 0.3 is 29.2 Å². The van der Waals surface area contributed by atoms with E-state index < -0.39 is 59.8 Å². The van der Waals surface area contributed by atoms with E-state index in [-0.39, 0.29) is 5.82 Å². The molecule has 180 valence electrons. The number of nitrogens with zero attached hydrogens (tertiary/aromatic N) is 2.